The normalized spacial score (nSPS) is 23.9. The molecule has 1 aromatic rings. The van der Waals surface area contributed by atoms with Gasteiger partial charge in [-0.05, 0) is 50.3 Å². The van der Waals surface area contributed by atoms with Gasteiger partial charge in [-0.2, -0.15) is 0 Å². The number of carbonyl (C=O) groups is 3. The van der Waals surface area contributed by atoms with Crippen molar-refractivity contribution in [2.75, 3.05) is 20.3 Å². The Balaban J connectivity index is 2.00. The van der Waals surface area contributed by atoms with Gasteiger partial charge in [0.15, 0.2) is 0 Å². The quantitative estimate of drug-likeness (QED) is 0.406. The van der Waals surface area contributed by atoms with E-state index in [0.29, 0.717) is 25.2 Å². The first-order chi connectivity index (χ1) is 16.5. The first-order valence-corrected chi connectivity index (χ1v) is 12.6. The van der Waals surface area contributed by atoms with Crippen molar-refractivity contribution in [3.8, 4) is 5.75 Å². The third kappa shape index (κ3) is 5.45. The van der Waals surface area contributed by atoms with E-state index in [1.165, 1.54) is 0 Å². The molecule has 1 N–H and O–H groups in total. The summed E-state index contributed by atoms with van der Waals surface area (Å²) in [5, 5.41) is 2.92. The average Bonchev–Trinajstić information content (AvgIpc) is 3.02. The molecule has 7 heteroatoms. The largest absolute Gasteiger partial charge is 0.497 e. The Morgan fingerprint density at radius 2 is 1.91 bits per heavy atom. The maximum Gasteiger partial charge on any atom is 0.318 e. The molecule has 1 aliphatic heterocycles. The third-order valence-corrected chi connectivity index (χ3v) is 6.90. The number of fused-ring (bicyclic) bond motifs is 1. The van der Waals surface area contributed by atoms with Crippen molar-refractivity contribution in [3.63, 3.8) is 0 Å². The van der Waals surface area contributed by atoms with E-state index in [9.17, 15) is 14.4 Å². The number of likely N-dealkylation sites (tertiary alicyclic amines) is 1. The van der Waals surface area contributed by atoms with E-state index in [1.807, 2.05) is 30.3 Å². The number of carbonyl (C=O) groups excluding carboxylic acids is 3. The lowest BCUT2D eigenvalue weighted by Crippen LogP contribution is -2.42. The molecule has 186 valence electrons. The van der Waals surface area contributed by atoms with Crippen molar-refractivity contribution < 1.29 is 23.9 Å². The summed E-state index contributed by atoms with van der Waals surface area (Å²) < 4.78 is 10.8. The molecule has 1 saturated heterocycles. The molecule has 7 nitrogen and oxygen atoms in total. The maximum atomic E-state index is 13.9. The zero-order valence-corrected chi connectivity index (χ0v) is 20.7. The molecule has 1 aromatic carbocycles. The smallest absolute Gasteiger partial charge is 0.318 e. The minimum absolute atomic E-state index is 0.0161. The SMILES string of the molecule is CCCCNC(=O)C[C@@H]1C(=O)N(Cc2ccc(OC)cc2)/C2=C/CCCCC[C@@]21C(=O)OCC. The molecular formula is C27H38N2O5. The van der Waals surface area contributed by atoms with Crippen LogP contribution in [0.25, 0.3) is 0 Å². The van der Waals surface area contributed by atoms with E-state index < -0.39 is 11.3 Å². The van der Waals surface area contributed by atoms with Gasteiger partial charge in [0, 0.05) is 18.7 Å². The van der Waals surface area contributed by atoms with Gasteiger partial charge in [-0.25, -0.2) is 0 Å². The van der Waals surface area contributed by atoms with E-state index in [0.717, 1.165) is 49.8 Å². The summed E-state index contributed by atoms with van der Waals surface area (Å²) >= 11 is 0. The lowest BCUT2D eigenvalue weighted by molar-refractivity contribution is -0.158. The monoisotopic (exact) mass is 470 g/mol. The Hall–Kier alpha value is -2.83. The van der Waals surface area contributed by atoms with Crippen molar-refractivity contribution >= 4 is 17.8 Å². The second-order valence-corrected chi connectivity index (χ2v) is 9.11. The van der Waals surface area contributed by atoms with Crippen molar-refractivity contribution in [2.24, 2.45) is 11.3 Å². The van der Waals surface area contributed by atoms with E-state index >= 15 is 0 Å². The van der Waals surface area contributed by atoms with Crippen molar-refractivity contribution in [2.45, 2.75) is 71.8 Å². The van der Waals surface area contributed by atoms with Crippen LogP contribution in [-0.4, -0.2) is 42.9 Å². The number of nitrogens with one attached hydrogen (secondary N) is 1. The van der Waals surface area contributed by atoms with Gasteiger partial charge in [0.1, 0.15) is 11.2 Å². The van der Waals surface area contributed by atoms with Crippen LogP contribution in [0.2, 0.25) is 0 Å². The summed E-state index contributed by atoms with van der Waals surface area (Å²) in [5.41, 5.74) is 0.517. The van der Waals surface area contributed by atoms with Crippen molar-refractivity contribution in [3.05, 3.63) is 41.6 Å². The first kappa shape index (κ1) is 25.8. The van der Waals surface area contributed by atoms with Crippen molar-refractivity contribution in [1.82, 2.24) is 10.2 Å². The number of hydrogen-bond donors (Lipinski definition) is 1. The molecular weight excluding hydrogens is 432 g/mol. The van der Waals surface area contributed by atoms with Crippen LogP contribution in [-0.2, 0) is 25.7 Å². The van der Waals surface area contributed by atoms with E-state index in [4.69, 9.17) is 9.47 Å². The highest BCUT2D eigenvalue weighted by Crippen LogP contribution is 2.53. The summed E-state index contributed by atoms with van der Waals surface area (Å²) in [6.45, 7) is 4.98. The van der Waals surface area contributed by atoms with Crippen LogP contribution in [0.4, 0.5) is 0 Å². The number of ether oxygens (including phenoxy) is 2. The Kier molecular flexibility index (Phi) is 9.13. The first-order valence-electron chi connectivity index (χ1n) is 12.6. The average molecular weight is 471 g/mol. The van der Waals surface area contributed by atoms with Gasteiger partial charge in [-0.1, -0.05) is 44.4 Å². The fourth-order valence-corrected chi connectivity index (χ4v) is 5.10. The minimum Gasteiger partial charge on any atom is -0.497 e. The number of benzene rings is 1. The van der Waals surface area contributed by atoms with Gasteiger partial charge in [0.25, 0.3) is 0 Å². The van der Waals surface area contributed by atoms with Gasteiger partial charge in [0.05, 0.1) is 26.2 Å². The van der Waals surface area contributed by atoms with E-state index in [-0.39, 0.29) is 30.8 Å². The zero-order valence-electron chi connectivity index (χ0n) is 20.7. The summed E-state index contributed by atoms with van der Waals surface area (Å²) in [7, 11) is 1.61. The second kappa shape index (κ2) is 12.0. The van der Waals surface area contributed by atoms with Crippen LogP contribution in [0.3, 0.4) is 0 Å². The van der Waals surface area contributed by atoms with Crippen LogP contribution in [0.5, 0.6) is 5.75 Å². The van der Waals surface area contributed by atoms with Gasteiger partial charge in [-0.15, -0.1) is 0 Å². The van der Waals surface area contributed by atoms with Gasteiger partial charge in [-0.3, -0.25) is 14.4 Å². The van der Waals surface area contributed by atoms with Crippen LogP contribution < -0.4 is 10.1 Å². The molecule has 2 aliphatic rings. The standard InChI is InChI=1S/C27H38N2O5/c1-4-6-17-28-24(30)18-22-25(31)29(19-20-12-14-21(33-3)15-13-20)23-11-9-7-8-10-16-27(22,23)26(32)34-5-2/h11-15,22H,4-10,16-19H2,1-3H3,(H,28,30)/b23-11+/t22-,27+/m1/s1. The molecule has 34 heavy (non-hydrogen) atoms. The lowest BCUT2D eigenvalue weighted by Gasteiger charge is -2.34. The molecule has 1 fully saturated rings. The summed E-state index contributed by atoms with van der Waals surface area (Å²) in [5.74, 6) is -0.786. The summed E-state index contributed by atoms with van der Waals surface area (Å²) in [6, 6.07) is 7.57. The molecule has 2 atom stereocenters. The Bertz CT molecular complexity index is 895. The highest BCUT2D eigenvalue weighted by Gasteiger charge is 2.61. The lowest BCUT2D eigenvalue weighted by atomic mass is 9.69. The highest BCUT2D eigenvalue weighted by molar-refractivity contribution is 5.98. The van der Waals surface area contributed by atoms with Crippen LogP contribution in [0.15, 0.2) is 36.0 Å². The fourth-order valence-electron chi connectivity index (χ4n) is 5.10. The number of hydrogen-bond acceptors (Lipinski definition) is 5. The number of methoxy groups -OCH3 is 1. The Morgan fingerprint density at radius 3 is 2.59 bits per heavy atom. The highest BCUT2D eigenvalue weighted by atomic mass is 16.5. The molecule has 0 bridgehead atoms. The molecule has 0 aromatic heterocycles. The minimum atomic E-state index is -1.12. The molecule has 1 heterocycles. The predicted octanol–water partition coefficient (Wildman–Crippen LogP) is 4.36. The van der Waals surface area contributed by atoms with Crippen molar-refractivity contribution in [1.29, 1.82) is 0 Å². The third-order valence-electron chi connectivity index (χ3n) is 6.90. The molecule has 1 aliphatic carbocycles. The number of rotatable bonds is 10. The Morgan fingerprint density at radius 1 is 1.15 bits per heavy atom. The van der Waals surface area contributed by atoms with E-state index in [1.54, 1.807) is 18.9 Å². The fraction of sp³-hybridized carbons (Fsp3) is 0.593. The Labute approximate surface area is 202 Å². The number of amides is 2. The zero-order chi connectivity index (χ0) is 24.6. The number of nitrogens with zero attached hydrogens (tertiary/aromatic N) is 1. The number of unbranched alkanes of at least 4 members (excludes halogenated alkanes) is 1. The summed E-state index contributed by atoms with van der Waals surface area (Å²) in [6.07, 6.45) is 7.97. The molecule has 0 unspecified atom stereocenters. The topological polar surface area (TPSA) is 84.9 Å². The van der Waals surface area contributed by atoms with Gasteiger partial charge < -0.3 is 19.7 Å². The van der Waals surface area contributed by atoms with E-state index in [2.05, 4.69) is 12.2 Å². The maximum absolute atomic E-state index is 13.9. The van der Waals surface area contributed by atoms with Crippen LogP contribution in [0, 0.1) is 11.3 Å². The van der Waals surface area contributed by atoms with Gasteiger partial charge >= 0.3 is 5.97 Å². The number of allylic oxidation sites excluding steroid dienone is 1. The molecule has 0 spiro atoms. The predicted molar refractivity (Wildman–Crippen MR) is 130 cm³/mol. The second-order valence-electron chi connectivity index (χ2n) is 9.11. The number of esters is 1. The molecule has 2 amide bonds. The van der Waals surface area contributed by atoms with Crippen LogP contribution >= 0.6 is 0 Å². The molecule has 0 radical (unpaired) electrons. The van der Waals surface area contributed by atoms with Crippen LogP contribution in [0.1, 0.15) is 70.8 Å². The molecule has 3 rings (SSSR count). The molecule has 0 saturated carbocycles. The van der Waals surface area contributed by atoms with Gasteiger partial charge in [0.2, 0.25) is 11.8 Å². The summed E-state index contributed by atoms with van der Waals surface area (Å²) in [4.78, 5) is 42.0.